The molecule has 0 bridgehead atoms. The molecule has 1 aromatic heterocycles. The standard InChI is InChI=1S/C22H20F2N4O4/c23-17-8-14(10-25)9-18(24)16(17)7-13-2-5-28(6-3-13)22(30)27-19-1-4-26-21-20(19)31-12-15(11-29)32-21/h1,4,7-9,15,29H,2-3,5-6,11-12H2,(H,26,27,30). The van der Waals surface area contributed by atoms with Crippen LogP contribution in [0.25, 0.3) is 6.08 Å². The largest absolute Gasteiger partial charge is 0.482 e. The van der Waals surface area contributed by atoms with E-state index in [-0.39, 0.29) is 36.3 Å². The van der Waals surface area contributed by atoms with Crippen LogP contribution in [0.15, 0.2) is 30.0 Å². The number of carbonyl (C=O) groups is 1. The van der Waals surface area contributed by atoms with E-state index in [9.17, 15) is 18.7 Å². The van der Waals surface area contributed by atoms with E-state index >= 15 is 0 Å². The van der Waals surface area contributed by atoms with Gasteiger partial charge < -0.3 is 24.8 Å². The van der Waals surface area contributed by atoms with Gasteiger partial charge in [0.1, 0.15) is 18.2 Å². The van der Waals surface area contributed by atoms with E-state index < -0.39 is 17.7 Å². The van der Waals surface area contributed by atoms with Crippen LogP contribution in [0.2, 0.25) is 0 Å². The lowest BCUT2D eigenvalue weighted by molar-refractivity contribution is 0.0416. The third-order valence-corrected chi connectivity index (χ3v) is 5.26. The van der Waals surface area contributed by atoms with Gasteiger partial charge in [-0.2, -0.15) is 5.26 Å². The summed E-state index contributed by atoms with van der Waals surface area (Å²) in [6.45, 7) is 0.665. The number of aliphatic hydroxyl groups excluding tert-OH is 1. The van der Waals surface area contributed by atoms with Gasteiger partial charge in [-0.1, -0.05) is 5.57 Å². The number of anilines is 1. The summed E-state index contributed by atoms with van der Waals surface area (Å²) in [5.41, 5.74) is 0.955. The number of nitrogens with zero attached hydrogens (tertiary/aromatic N) is 3. The number of rotatable bonds is 3. The topological polar surface area (TPSA) is 108 Å². The number of fused-ring (bicyclic) bond motifs is 1. The third-order valence-electron chi connectivity index (χ3n) is 5.26. The SMILES string of the molecule is N#Cc1cc(F)c(C=C2CCN(C(=O)Nc3ccnc4c3OCC(CO)O4)CC2)c(F)c1. The van der Waals surface area contributed by atoms with Crippen LogP contribution in [0, 0.1) is 23.0 Å². The first-order chi connectivity index (χ1) is 15.5. The van der Waals surface area contributed by atoms with Gasteiger partial charge in [-0.15, -0.1) is 0 Å². The van der Waals surface area contributed by atoms with E-state index in [1.54, 1.807) is 17.0 Å². The van der Waals surface area contributed by atoms with Crippen molar-refractivity contribution in [1.82, 2.24) is 9.88 Å². The Morgan fingerprint density at radius 3 is 2.72 bits per heavy atom. The molecular formula is C22H20F2N4O4. The summed E-state index contributed by atoms with van der Waals surface area (Å²) in [7, 11) is 0. The molecule has 166 valence electrons. The second-order valence-electron chi connectivity index (χ2n) is 7.41. The predicted octanol–water partition coefficient (Wildman–Crippen LogP) is 3.07. The van der Waals surface area contributed by atoms with Gasteiger partial charge in [-0.05, 0) is 37.1 Å². The Morgan fingerprint density at radius 2 is 2.06 bits per heavy atom. The molecule has 2 aliphatic heterocycles. The zero-order chi connectivity index (χ0) is 22.7. The molecule has 4 rings (SSSR count). The highest BCUT2D eigenvalue weighted by Crippen LogP contribution is 2.36. The number of ether oxygens (including phenoxy) is 2. The second-order valence-corrected chi connectivity index (χ2v) is 7.41. The number of aromatic nitrogens is 1. The number of carbonyl (C=O) groups excluding carboxylic acids is 1. The first-order valence-corrected chi connectivity index (χ1v) is 10.0. The van der Waals surface area contributed by atoms with Crippen LogP contribution < -0.4 is 14.8 Å². The average Bonchev–Trinajstić information content (AvgIpc) is 2.81. The van der Waals surface area contributed by atoms with Crippen molar-refractivity contribution in [3.8, 4) is 17.7 Å². The molecule has 0 radical (unpaired) electrons. The number of aliphatic hydroxyl groups is 1. The number of amides is 2. The van der Waals surface area contributed by atoms with Crippen molar-refractivity contribution in [2.75, 3.05) is 31.6 Å². The first-order valence-electron chi connectivity index (χ1n) is 10.0. The summed E-state index contributed by atoms with van der Waals surface area (Å²) in [6.07, 6.45) is 3.31. The number of nitrogens with one attached hydrogen (secondary N) is 1. The number of urea groups is 1. The molecule has 3 heterocycles. The maximum atomic E-state index is 14.1. The number of hydrogen-bond donors (Lipinski definition) is 2. The van der Waals surface area contributed by atoms with E-state index in [1.807, 2.05) is 0 Å². The summed E-state index contributed by atoms with van der Waals surface area (Å²) in [6, 6.07) is 4.96. The van der Waals surface area contributed by atoms with Gasteiger partial charge in [0, 0.05) is 24.8 Å². The Morgan fingerprint density at radius 1 is 1.34 bits per heavy atom. The summed E-state index contributed by atoms with van der Waals surface area (Å²) in [5, 5.41) is 20.8. The zero-order valence-corrected chi connectivity index (χ0v) is 17.0. The van der Waals surface area contributed by atoms with Crippen LogP contribution in [-0.2, 0) is 0 Å². The van der Waals surface area contributed by atoms with Gasteiger partial charge >= 0.3 is 6.03 Å². The molecule has 2 aliphatic rings. The lowest BCUT2D eigenvalue weighted by Gasteiger charge is -2.30. The minimum Gasteiger partial charge on any atom is -0.482 e. The summed E-state index contributed by atoms with van der Waals surface area (Å²) in [4.78, 5) is 18.4. The van der Waals surface area contributed by atoms with Gasteiger partial charge in [0.05, 0.1) is 23.9 Å². The van der Waals surface area contributed by atoms with E-state index in [0.29, 0.717) is 37.4 Å². The number of pyridine rings is 1. The Balaban J connectivity index is 1.40. The highest BCUT2D eigenvalue weighted by atomic mass is 19.1. The fourth-order valence-corrected chi connectivity index (χ4v) is 3.54. The van der Waals surface area contributed by atoms with Crippen LogP contribution in [-0.4, -0.2) is 53.4 Å². The third kappa shape index (κ3) is 4.48. The lowest BCUT2D eigenvalue weighted by Crippen LogP contribution is -2.39. The highest BCUT2D eigenvalue weighted by Gasteiger charge is 2.26. The molecule has 2 amide bonds. The fraction of sp³-hybridized carbons (Fsp3) is 0.318. The molecule has 0 spiro atoms. The maximum absolute atomic E-state index is 14.1. The molecule has 10 heteroatoms. The fourth-order valence-electron chi connectivity index (χ4n) is 3.54. The quantitative estimate of drug-likeness (QED) is 0.757. The number of likely N-dealkylation sites (tertiary alicyclic amines) is 1. The van der Waals surface area contributed by atoms with Crippen LogP contribution in [0.3, 0.4) is 0 Å². The Bertz CT molecular complexity index is 1080. The molecule has 32 heavy (non-hydrogen) atoms. The van der Waals surface area contributed by atoms with Crippen LogP contribution >= 0.6 is 0 Å². The molecule has 8 nitrogen and oxygen atoms in total. The molecule has 0 saturated carbocycles. The van der Waals surface area contributed by atoms with E-state index in [4.69, 9.17) is 14.7 Å². The Hall–Kier alpha value is -3.71. The summed E-state index contributed by atoms with van der Waals surface area (Å²) >= 11 is 0. The van der Waals surface area contributed by atoms with Crippen LogP contribution in [0.1, 0.15) is 24.0 Å². The van der Waals surface area contributed by atoms with Crippen molar-refractivity contribution in [3.63, 3.8) is 0 Å². The smallest absolute Gasteiger partial charge is 0.321 e. The minimum absolute atomic E-state index is 0.0757. The van der Waals surface area contributed by atoms with Crippen molar-refractivity contribution in [2.45, 2.75) is 18.9 Å². The Labute approximate surface area is 182 Å². The molecule has 2 N–H and O–H groups in total. The minimum atomic E-state index is -0.790. The lowest BCUT2D eigenvalue weighted by atomic mass is 10.00. The number of benzene rings is 1. The van der Waals surface area contributed by atoms with Gasteiger partial charge in [0.25, 0.3) is 5.88 Å². The molecule has 2 aromatic rings. The van der Waals surface area contributed by atoms with E-state index in [1.165, 1.54) is 12.3 Å². The monoisotopic (exact) mass is 442 g/mol. The van der Waals surface area contributed by atoms with Gasteiger partial charge in [-0.3, -0.25) is 0 Å². The van der Waals surface area contributed by atoms with Gasteiger partial charge in [0.2, 0.25) is 5.75 Å². The first kappa shape index (κ1) is 21.5. The normalized spacial score (nSPS) is 17.5. The number of hydrogen-bond acceptors (Lipinski definition) is 6. The average molecular weight is 442 g/mol. The molecule has 1 saturated heterocycles. The molecule has 1 unspecified atom stereocenters. The Kier molecular flexibility index (Phi) is 6.18. The van der Waals surface area contributed by atoms with E-state index in [2.05, 4.69) is 10.3 Å². The molecule has 1 aromatic carbocycles. The van der Waals surface area contributed by atoms with Crippen molar-refractivity contribution < 1.29 is 28.2 Å². The van der Waals surface area contributed by atoms with Gasteiger partial charge in [0.15, 0.2) is 6.10 Å². The maximum Gasteiger partial charge on any atom is 0.321 e. The number of halogens is 2. The van der Waals surface area contributed by atoms with E-state index in [0.717, 1.165) is 17.7 Å². The van der Waals surface area contributed by atoms with Gasteiger partial charge in [-0.25, -0.2) is 18.6 Å². The van der Waals surface area contributed by atoms with Crippen molar-refractivity contribution in [3.05, 3.63) is 52.7 Å². The molecule has 0 aliphatic carbocycles. The molecule has 1 fully saturated rings. The number of piperidine rings is 1. The van der Waals surface area contributed by atoms with Crippen molar-refractivity contribution in [2.24, 2.45) is 0 Å². The predicted molar refractivity (Wildman–Crippen MR) is 110 cm³/mol. The summed E-state index contributed by atoms with van der Waals surface area (Å²) in [5.74, 6) is -1.08. The van der Waals surface area contributed by atoms with Crippen molar-refractivity contribution in [1.29, 1.82) is 5.26 Å². The zero-order valence-electron chi connectivity index (χ0n) is 17.0. The van der Waals surface area contributed by atoms with Crippen LogP contribution in [0.5, 0.6) is 11.6 Å². The van der Waals surface area contributed by atoms with Crippen molar-refractivity contribution >= 4 is 17.8 Å². The number of nitriles is 1. The summed E-state index contributed by atoms with van der Waals surface area (Å²) < 4.78 is 39.4. The molecular weight excluding hydrogens is 422 g/mol. The highest BCUT2D eigenvalue weighted by molar-refractivity contribution is 5.91. The molecule has 1 atom stereocenters. The van der Waals surface area contributed by atoms with Crippen LogP contribution in [0.4, 0.5) is 19.3 Å². The second kappa shape index (κ2) is 9.20.